The third kappa shape index (κ3) is 4.54. The fraction of sp³-hybridized carbons (Fsp3) is 0.500. The van der Waals surface area contributed by atoms with E-state index in [2.05, 4.69) is 25.7 Å². The lowest BCUT2D eigenvalue weighted by atomic mass is 9.65. The second-order valence-electron chi connectivity index (χ2n) is 10.7. The first-order chi connectivity index (χ1) is 16.8. The summed E-state index contributed by atoms with van der Waals surface area (Å²) >= 11 is 0. The van der Waals surface area contributed by atoms with Crippen LogP contribution in [-0.2, 0) is 13.0 Å². The van der Waals surface area contributed by atoms with Gasteiger partial charge in [-0.25, -0.2) is 4.39 Å². The lowest BCUT2D eigenvalue weighted by Crippen LogP contribution is -2.61. The summed E-state index contributed by atoms with van der Waals surface area (Å²) in [7, 11) is 0. The third-order valence-electron chi connectivity index (χ3n) is 7.78. The van der Waals surface area contributed by atoms with Gasteiger partial charge in [0.25, 0.3) is 5.56 Å². The van der Waals surface area contributed by atoms with Crippen LogP contribution >= 0.6 is 0 Å². The fourth-order valence-corrected chi connectivity index (χ4v) is 5.83. The van der Waals surface area contributed by atoms with Crippen molar-refractivity contribution >= 4 is 10.9 Å². The quantitative estimate of drug-likeness (QED) is 0.525. The molecule has 2 aromatic heterocycles. The van der Waals surface area contributed by atoms with Gasteiger partial charge in [-0.3, -0.25) is 14.7 Å². The van der Waals surface area contributed by atoms with E-state index in [0.29, 0.717) is 37.6 Å². The number of likely N-dealkylation sites (tertiary alicyclic amines) is 1. The topological polar surface area (TPSA) is 56.6 Å². The number of nitrogens with zero attached hydrogens (tertiary/aromatic N) is 3. The maximum Gasteiger partial charge on any atom is 0.251 e. The Morgan fingerprint density at radius 3 is 2.60 bits per heavy atom. The molecule has 0 bridgehead atoms. The molecule has 1 saturated heterocycles. The van der Waals surface area contributed by atoms with E-state index in [9.17, 15) is 9.18 Å². The summed E-state index contributed by atoms with van der Waals surface area (Å²) in [6, 6.07) is 9.99. The summed E-state index contributed by atoms with van der Waals surface area (Å²) in [4.78, 5) is 20.1. The molecule has 0 N–H and O–H groups in total. The molecule has 7 heteroatoms. The molecule has 0 spiro atoms. The van der Waals surface area contributed by atoms with Gasteiger partial charge < -0.3 is 14.0 Å². The van der Waals surface area contributed by atoms with Crippen LogP contribution in [0.1, 0.15) is 45.7 Å². The summed E-state index contributed by atoms with van der Waals surface area (Å²) in [6.07, 6.45) is 5.87. The van der Waals surface area contributed by atoms with E-state index in [0.717, 1.165) is 49.1 Å². The van der Waals surface area contributed by atoms with Crippen LogP contribution in [-0.4, -0.2) is 46.3 Å². The van der Waals surface area contributed by atoms with Crippen molar-refractivity contribution in [3.63, 3.8) is 0 Å². The molecule has 1 unspecified atom stereocenters. The monoisotopic (exact) mass is 479 g/mol. The second kappa shape index (κ2) is 9.26. The standard InChI is InChI=1S/C28H34FN3O3/c1-27(2,3)28(18-22-17-24-25(19-30-22)35-15-14-34-24)10-4-5-11-31(28)12-13-32-23-16-21(29)8-6-20(23)7-9-26(32)33/h6-9,16-17,19H,4-5,10-15,18H2,1-3H3. The number of hydrogen-bond donors (Lipinski definition) is 0. The number of benzene rings is 1. The maximum absolute atomic E-state index is 14.0. The largest absolute Gasteiger partial charge is 0.486 e. The molecule has 2 aliphatic heterocycles. The van der Waals surface area contributed by atoms with Crippen molar-refractivity contribution in [1.29, 1.82) is 0 Å². The van der Waals surface area contributed by atoms with Crippen LogP contribution in [0.25, 0.3) is 10.9 Å². The average molecular weight is 480 g/mol. The number of aromatic nitrogens is 2. The number of hydrogen-bond acceptors (Lipinski definition) is 5. The highest BCUT2D eigenvalue weighted by molar-refractivity contribution is 5.78. The number of ether oxygens (including phenoxy) is 2. The lowest BCUT2D eigenvalue weighted by Gasteiger charge is -2.55. The van der Waals surface area contributed by atoms with E-state index in [1.54, 1.807) is 29.0 Å². The third-order valence-corrected chi connectivity index (χ3v) is 7.78. The Morgan fingerprint density at radius 2 is 1.80 bits per heavy atom. The first-order valence-corrected chi connectivity index (χ1v) is 12.6. The minimum atomic E-state index is -0.330. The molecule has 2 aliphatic rings. The van der Waals surface area contributed by atoms with Gasteiger partial charge in [0.2, 0.25) is 0 Å². The number of pyridine rings is 2. The number of piperidine rings is 1. The molecule has 3 aromatic rings. The molecule has 0 radical (unpaired) electrons. The Labute approximate surface area is 205 Å². The van der Waals surface area contributed by atoms with Crippen LogP contribution in [0.2, 0.25) is 0 Å². The smallest absolute Gasteiger partial charge is 0.251 e. The van der Waals surface area contributed by atoms with Crippen LogP contribution < -0.4 is 15.0 Å². The Kier molecular flexibility index (Phi) is 6.30. The van der Waals surface area contributed by atoms with Crippen molar-refractivity contribution < 1.29 is 13.9 Å². The van der Waals surface area contributed by atoms with E-state index in [4.69, 9.17) is 14.5 Å². The zero-order chi connectivity index (χ0) is 24.6. The number of rotatable bonds is 5. The fourth-order valence-electron chi connectivity index (χ4n) is 5.83. The first-order valence-electron chi connectivity index (χ1n) is 12.6. The molecule has 0 saturated carbocycles. The molecular weight excluding hydrogens is 445 g/mol. The maximum atomic E-state index is 14.0. The van der Waals surface area contributed by atoms with Gasteiger partial charge in [0.1, 0.15) is 19.0 Å². The summed E-state index contributed by atoms with van der Waals surface area (Å²) in [5.74, 6) is 1.13. The van der Waals surface area contributed by atoms with Crippen molar-refractivity contribution in [3.8, 4) is 11.5 Å². The van der Waals surface area contributed by atoms with Crippen molar-refractivity contribution in [1.82, 2.24) is 14.5 Å². The van der Waals surface area contributed by atoms with Crippen LogP contribution in [0.15, 0.2) is 47.4 Å². The van der Waals surface area contributed by atoms with Gasteiger partial charge in [-0.05, 0) is 54.5 Å². The molecule has 4 heterocycles. The zero-order valence-corrected chi connectivity index (χ0v) is 20.8. The predicted octanol–water partition coefficient (Wildman–Crippen LogP) is 4.82. The SMILES string of the molecule is CC(C)(C)C1(Cc2cc3c(cn2)OCCO3)CCCCN1CCn1c(=O)ccc2ccc(F)cc21. The van der Waals surface area contributed by atoms with Gasteiger partial charge in [0, 0.05) is 42.9 Å². The van der Waals surface area contributed by atoms with Crippen molar-refractivity contribution in [2.24, 2.45) is 5.41 Å². The lowest BCUT2D eigenvalue weighted by molar-refractivity contribution is -0.0410. The first kappa shape index (κ1) is 23.8. The van der Waals surface area contributed by atoms with Crippen LogP contribution in [0.3, 0.4) is 0 Å². The normalized spacial score (nSPS) is 20.8. The van der Waals surface area contributed by atoms with Gasteiger partial charge in [-0.2, -0.15) is 0 Å². The van der Waals surface area contributed by atoms with Crippen molar-refractivity contribution in [2.45, 2.75) is 58.5 Å². The molecule has 0 amide bonds. The Hall–Kier alpha value is -2.93. The number of fused-ring (bicyclic) bond motifs is 2. The minimum absolute atomic E-state index is 0.0296. The molecule has 1 atom stereocenters. The van der Waals surface area contributed by atoms with E-state index < -0.39 is 0 Å². The molecule has 1 fully saturated rings. The van der Waals surface area contributed by atoms with Gasteiger partial charge in [-0.1, -0.05) is 27.2 Å². The van der Waals surface area contributed by atoms with Gasteiger partial charge >= 0.3 is 0 Å². The Bertz CT molecular complexity index is 1280. The van der Waals surface area contributed by atoms with E-state index >= 15 is 0 Å². The molecule has 5 rings (SSSR count). The number of halogens is 1. The summed E-state index contributed by atoms with van der Waals surface area (Å²) in [5, 5.41) is 0.868. The summed E-state index contributed by atoms with van der Waals surface area (Å²) in [6.45, 7) is 10.1. The van der Waals surface area contributed by atoms with Crippen LogP contribution in [0.5, 0.6) is 11.5 Å². The van der Waals surface area contributed by atoms with Crippen molar-refractivity contribution in [3.05, 3.63) is 64.5 Å². The molecule has 35 heavy (non-hydrogen) atoms. The highest BCUT2D eigenvalue weighted by Gasteiger charge is 2.48. The van der Waals surface area contributed by atoms with Gasteiger partial charge in [0.05, 0.1) is 11.7 Å². The highest BCUT2D eigenvalue weighted by Crippen LogP contribution is 2.45. The van der Waals surface area contributed by atoms with E-state index in [1.807, 2.05) is 6.07 Å². The zero-order valence-electron chi connectivity index (χ0n) is 20.8. The summed E-state index contributed by atoms with van der Waals surface area (Å²) in [5.41, 5.74) is 1.36. The van der Waals surface area contributed by atoms with Gasteiger partial charge in [-0.15, -0.1) is 0 Å². The molecule has 186 valence electrons. The van der Waals surface area contributed by atoms with Crippen LogP contribution in [0.4, 0.5) is 4.39 Å². The summed E-state index contributed by atoms with van der Waals surface area (Å²) < 4.78 is 27.2. The van der Waals surface area contributed by atoms with Gasteiger partial charge in [0.15, 0.2) is 11.5 Å². The average Bonchev–Trinajstić information content (AvgIpc) is 2.83. The Morgan fingerprint density at radius 1 is 1.03 bits per heavy atom. The van der Waals surface area contributed by atoms with Crippen molar-refractivity contribution in [2.75, 3.05) is 26.3 Å². The predicted molar refractivity (Wildman–Crippen MR) is 135 cm³/mol. The molecular formula is C28H34FN3O3. The molecule has 6 nitrogen and oxygen atoms in total. The van der Waals surface area contributed by atoms with E-state index in [1.165, 1.54) is 12.1 Å². The molecule has 0 aliphatic carbocycles. The second-order valence-corrected chi connectivity index (χ2v) is 10.7. The van der Waals surface area contributed by atoms with E-state index in [-0.39, 0.29) is 22.3 Å². The highest BCUT2D eigenvalue weighted by atomic mass is 19.1. The Balaban J connectivity index is 1.47. The molecule has 1 aromatic carbocycles. The minimum Gasteiger partial charge on any atom is -0.486 e. The van der Waals surface area contributed by atoms with Crippen LogP contribution in [0, 0.1) is 11.2 Å².